The molecule has 0 fully saturated rings. The monoisotopic (exact) mass is 182 g/mol. The molecule has 0 aromatic carbocycles. The molecule has 0 aromatic heterocycles. The molecule has 0 aliphatic carbocycles. The summed E-state index contributed by atoms with van der Waals surface area (Å²) in [7, 11) is 0. The molecular formula is C10H18N2O. The molecule has 0 amide bonds. The maximum Gasteiger partial charge on any atom is 0.189 e. The second-order valence-electron chi connectivity index (χ2n) is 4.26. The first-order valence-electron chi connectivity index (χ1n) is 4.59. The lowest BCUT2D eigenvalue weighted by Crippen LogP contribution is -2.22. The smallest absolute Gasteiger partial charge is 0.189 e. The zero-order valence-electron chi connectivity index (χ0n) is 8.63. The molecule has 0 bridgehead atoms. The van der Waals surface area contributed by atoms with Crippen LogP contribution in [0.4, 0.5) is 0 Å². The van der Waals surface area contributed by atoms with Crippen molar-refractivity contribution in [2.75, 3.05) is 13.2 Å². The zero-order valence-corrected chi connectivity index (χ0v) is 8.63. The molecule has 13 heavy (non-hydrogen) atoms. The van der Waals surface area contributed by atoms with E-state index in [2.05, 4.69) is 37.7 Å². The fourth-order valence-corrected chi connectivity index (χ4v) is 1.15. The molecule has 0 saturated carbocycles. The molecule has 0 aromatic rings. The van der Waals surface area contributed by atoms with Gasteiger partial charge in [0.25, 0.3) is 0 Å². The van der Waals surface area contributed by atoms with Gasteiger partial charge < -0.3 is 10.1 Å². The van der Waals surface area contributed by atoms with Crippen molar-refractivity contribution in [3.05, 3.63) is 12.8 Å². The first kappa shape index (κ1) is 10.1. The van der Waals surface area contributed by atoms with Gasteiger partial charge in [-0.2, -0.15) is 0 Å². The average Bonchev–Trinajstić information content (AvgIpc) is 2.47. The third kappa shape index (κ3) is 2.76. The van der Waals surface area contributed by atoms with Crippen molar-refractivity contribution in [2.45, 2.75) is 26.8 Å². The van der Waals surface area contributed by atoms with Gasteiger partial charge in [0.1, 0.15) is 12.6 Å². The Morgan fingerprint density at radius 2 is 2.38 bits per heavy atom. The van der Waals surface area contributed by atoms with Crippen molar-refractivity contribution in [1.82, 2.24) is 5.32 Å². The summed E-state index contributed by atoms with van der Waals surface area (Å²) >= 11 is 0. The first-order valence-corrected chi connectivity index (χ1v) is 4.59. The Balaban J connectivity index is 2.48. The molecule has 1 aliphatic rings. The van der Waals surface area contributed by atoms with Crippen molar-refractivity contribution >= 4 is 5.90 Å². The number of rotatable bonds is 3. The number of aliphatic imine (C=N–C) groups is 1. The summed E-state index contributed by atoms with van der Waals surface area (Å²) in [5.41, 5.74) is 0.0307. The average molecular weight is 182 g/mol. The lowest BCUT2D eigenvalue weighted by Gasteiger charge is -2.16. The predicted molar refractivity (Wildman–Crippen MR) is 54.8 cm³/mol. The van der Waals surface area contributed by atoms with Gasteiger partial charge in [0.05, 0.1) is 0 Å². The van der Waals surface area contributed by atoms with E-state index < -0.39 is 0 Å². The van der Waals surface area contributed by atoms with Gasteiger partial charge in [0.15, 0.2) is 5.90 Å². The van der Waals surface area contributed by atoms with E-state index in [-0.39, 0.29) is 11.5 Å². The van der Waals surface area contributed by atoms with Crippen LogP contribution in [0.25, 0.3) is 0 Å². The predicted octanol–water partition coefficient (Wildman–Crippen LogP) is 1.56. The van der Waals surface area contributed by atoms with E-state index in [1.807, 2.05) is 0 Å². The molecule has 1 unspecified atom stereocenters. The summed E-state index contributed by atoms with van der Waals surface area (Å²) < 4.78 is 5.50. The van der Waals surface area contributed by atoms with E-state index in [4.69, 9.17) is 4.74 Å². The summed E-state index contributed by atoms with van der Waals surface area (Å²) in [6, 6.07) is 0.243. The molecule has 1 atom stereocenters. The maximum absolute atomic E-state index is 5.50. The van der Waals surface area contributed by atoms with Crippen molar-refractivity contribution in [1.29, 1.82) is 0 Å². The van der Waals surface area contributed by atoms with Crippen molar-refractivity contribution in [2.24, 2.45) is 10.4 Å². The molecule has 1 aliphatic heterocycles. The van der Waals surface area contributed by atoms with Crippen LogP contribution in [0.5, 0.6) is 0 Å². The van der Waals surface area contributed by atoms with Gasteiger partial charge in [-0.25, -0.2) is 4.99 Å². The number of hydrogen-bond donors (Lipinski definition) is 1. The van der Waals surface area contributed by atoms with E-state index in [0.717, 1.165) is 12.4 Å². The summed E-state index contributed by atoms with van der Waals surface area (Å²) in [4.78, 5) is 4.48. The Kier molecular flexibility index (Phi) is 2.96. The number of ether oxygens (including phenoxy) is 1. The third-order valence-corrected chi connectivity index (χ3v) is 1.85. The second-order valence-corrected chi connectivity index (χ2v) is 4.26. The fraction of sp³-hybridized carbons (Fsp3) is 0.700. The Morgan fingerprint density at radius 1 is 1.69 bits per heavy atom. The van der Waals surface area contributed by atoms with Crippen LogP contribution >= 0.6 is 0 Å². The van der Waals surface area contributed by atoms with Crippen LogP contribution in [0.1, 0.15) is 20.8 Å². The minimum atomic E-state index is 0.0307. The molecule has 1 N–H and O–H groups in total. The number of hydrogen-bond acceptors (Lipinski definition) is 3. The Labute approximate surface area is 79.9 Å². The molecule has 74 valence electrons. The van der Waals surface area contributed by atoms with E-state index in [1.54, 1.807) is 6.20 Å². The highest BCUT2D eigenvalue weighted by atomic mass is 16.5. The van der Waals surface area contributed by atoms with Gasteiger partial charge in [-0.05, 0) is 6.20 Å². The highest BCUT2D eigenvalue weighted by Crippen LogP contribution is 2.21. The van der Waals surface area contributed by atoms with Gasteiger partial charge in [-0.1, -0.05) is 27.4 Å². The quantitative estimate of drug-likeness (QED) is 0.718. The number of nitrogens with one attached hydrogen (secondary N) is 1. The van der Waals surface area contributed by atoms with Crippen molar-refractivity contribution in [3.8, 4) is 0 Å². The third-order valence-electron chi connectivity index (χ3n) is 1.85. The summed E-state index contributed by atoms with van der Waals surface area (Å²) in [6.45, 7) is 11.4. The molecule has 3 heteroatoms. The van der Waals surface area contributed by atoms with Crippen LogP contribution in [0.3, 0.4) is 0 Å². The van der Waals surface area contributed by atoms with Crippen LogP contribution < -0.4 is 5.32 Å². The topological polar surface area (TPSA) is 33.6 Å². The van der Waals surface area contributed by atoms with Crippen molar-refractivity contribution in [3.63, 3.8) is 0 Å². The Hall–Kier alpha value is -0.990. The van der Waals surface area contributed by atoms with Gasteiger partial charge in [-0.15, -0.1) is 0 Å². The molecule has 1 heterocycles. The van der Waals surface area contributed by atoms with Gasteiger partial charge in [0.2, 0.25) is 0 Å². The van der Waals surface area contributed by atoms with Gasteiger partial charge in [-0.3, -0.25) is 0 Å². The molecule has 0 spiro atoms. The summed E-state index contributed by atoms with van der Waals surface area (Å²) in [6.07, 6.45) is 1.69. The minimum Gasteiger partial charge on any atom is -0.478 e. The molecule has 0 saturated heterocycles. The lowest BCUT2D eigenvalue weighted by molar-refractivity contribution is 0.281. The Morgan fingerprint density at radius 3 is 2.85 bits per heavy atom. The van der Waals surface area contributed by atoms with Gasteiger partial charge >= 0.3 is 0 Å². The fourth-order valence-electron chi connectivity index (χ4n) is 1.15. The highest BCUT2D eigenvalue weighted by molar-refractivity contribution is 5.82. The van der Waals surface area contributed by atoms with E-state index in [1.165, 1.54) is 0 Å². The van der Waals surface area contributed by atoms with E-state index >= 15 is 0 Å². The van der Waals surface area contributed by atoms with Crippen LogP contribution in [0.2, 0.25) is 0 Å². The van der Waals surface area contributed by atoms with Crippen LogP contribution in [-0.2, 0) is 4.74 Å². The minimum absolute atomic E-state index is 0.0307. The van der Waals surface area contributed by atoms with E-state index in [9.17, 15) is 0 Å². The van der Waals surface area contributed by atoms with Gasteiger partial charge in [0, 0.05) is 12.0 Å². The molecular weight excluding hydrogens is 164 g/mol. The Bertz CT molecular complexity index is 215. The second kappa shape index (κ2) is 3.81. The summed E-state index contributed by atoms with van der Waals surface area (Å²) in [5.74, 6) is 0.864. The normalized spacial score (nSPS) is 22.1. The van der Waals surface area contributed by atoms with Crippen LogP contribution in [-0.4, -0.2) is 25.1 Å². The maximum atomic E-state index is 5.50. The molecule has 3 nitrogen and oxygen atoms in total. The largest absolute Gasteiger partial charge is 0.478 e. The van der Waals surface area contributed by atoms with Crippen LogP contribution in [0, 0.1) is 5.41 Å². The number of nitrogens with zero attached hydrogens (tertiary/aromatic N) is 1. The molecule has 0 radical (unpaired) electrons. The highest BCUT2D eigenvalue weighted by Gasteiger charge is 2.27. The zero-order chi connectivity index (χ0) is 9.90. The standard InChI is InChI=1S/C10H18N2O/c1-5-11-6-8-7-13-9(12-8)10(2,3)4/h5,8,11H,1,6-7H2,2-4H3. The van der Waals surface area contributed by atoms with Crippen LogP contribution in [0.15, 0.2) is 17.8 Å². The SMILES string of the molecule is C=CNCC1COC(C(C)(C)C)=N1. The summed E-state index contributed by atoms with van der Waals surface area (Å²) in [5, 5.41) is 3.04. The lowest BCUT2D eigenvalue weighted by atomic mass is 9.97. The van der Waals surface area contributed by atoms with Crippen molar-refractivity contribution < 1.29 is 4.74 Å². The first-order chi connectivity index (χ1) is 6.04. The molecule has 1 rings (SSSR count). The van der Waals surface area contributed by atoms with E-state index in [0.29, 0.717) is 6.61 Å².